The van der Waals surface area contributed by atoms with E-state index in [9.17, 15) is 4.79 Å². The van der Waals surface area contributed by atoms with Crippen LogP contribution in [0.3, 0.4) is 0 Å². The first-order valence-electron chi connectivity index (χ1n) is 13.5. The largest absolute Gasteiger partial charge is 0.423 e. The van der Waals surface area contributed by atoms with Gasteiger partial charge in [-0.15, -0.1) is 0 Å². The number of anilines is 2. The maximum Gasteiger partial charge on any atom is 0.335 e. The van der Waals surface area contributed by atoms with Gasteiger partial charge < -0.3 is 9.64 Å². The summed E-state index contributed by atoms with van der Waals surface area (Å²) in [5, 5.41) is 0. The molecule has 0 N–H and O–H groups in total. The fourth-order valence-electron chi connectivity index (χ4n) is 4.43. The fourth-order valence-corrected chi connectivity index (χ4v) is 4.43. The van der Waals surface area contributed by atoms with Crippen molar-refractivity contribution >= 4 is 35.1 Å². The summed E-state index contributed by atoms with van der Waals surface area (Å²) < 4.78 is 5.30. The normalized spacial score (nSPS) is 11.3. The third kappa shape index (κ3) is 7.17. The first-order chi connectivity index (χ1) is 20.1. The minimum atomic E-state index is -0.482. The van der Waals surface area contributed by atoms with E-state index in [2.05, 4.69) is 110 Å². The van der Waals surface area contributed by atoms with Crippen LogP contribution in [0.2, 0.25) is 0 Å². The van der Waals surface area contributed by atoms with E-state index in [1.165, 1.54) is 11.1 Å². The Hall–Kier alpha value is -5.41. The van der Waals surface area contributed by atoms with Crippen molar-refractivity contribution in [2.45, 2.75) is 6.92 Å². The molecular weight excluding hydrogens is 502 g/mol. The van der Waals surface area contributed by atoms with Crippen LogP contribution in [0.25, 0.3) is 17.7 Å². The van der Waals surface area contributed by atoms with Crippen LogP contribution in [0.1, 0.15) is 27.8 Å². The Morgan fingerprint density at radius 1 is 0.634 bits per heavy atom. The number of para-hydroxylation sites is 1. The van der Waals surface area contributed by atoms with Gasteiger partial charge in [0.05, 0.1) is 0 Å². The van der Waals surface area contributed by atoms with Crippen LogP contribution >= 0.6 is 0 Å². The minimum Gasteiger partial charge on any atom is -0.423 e. The number of esters is 1. The zero-order valence-corrected chi connectivity index (χ0v) is 23.0. The summed E-state index contributed by atoms with van der Waals surface area (Å²) in [6.45, 7) is 5.57. The molecule has 0 saturated carbocycles. The topological polar surface area (TPSA) is 29.5 Å². The Morgan fingerprint density at radius 2 is 1.15 bits per heavy atom. The third-order valence-corrected chi connectivity index (χ3v) is 6.64. The maximum absolute atomic E-state index is 11.7. The zero-order chi connectivity index (χ0) is 28.4. The number of aryl methyl sites for hydroxylation is 1. The van der Waals surface area contributed by atoms with Crippen LogP contribution in [0.15, 0.2) is 152 Å². The van der Waals surface area contributed by atoms with Gasteiger partial charge in [-0.3, -0.25) is 0 Å². The molecule has 5 rings (SSSR count). The summed E-state index contributed by atoms with van der Waals surface area (Å²) in [5.41, 5.74) is 8.72. The summed E-state index contributed by atoms with van der Waals surface area (Å²) >= 11 is 0. The standard InChI is InChI=1S/C38H31NO2/c1-3-38(40)41-36-26-22-33(23-27-36)37(32-10-6-4-7-11-32)28-39(34-12-8-5-9-13-34)35-24-20-31(21-25-35)19-18-30-16-14-29(2)15-17-30/h3-28H,1H2,2H3. The highest BCUT2D eigenvalue weighted by Crippen LogP contribution is 2.32. The Balaban J connectivity index is 1.52. The molecule has 200 valence electrons. The van der Waals surface area contributed by atoms with E-state index in [4.69, 9.17) is 4.74 Å². The van der Waals surface area contributed by atoms with Crippen LogP contribution < -0.4 is 9.64 Å². The van der Waals surface area contributed by atoms with E-state index in [0.717, 1.165) is 39.7 Å². The second-order valence-electron chi connectivity index (χ2n) is 9.60. The molecule has 0 unspecified atom stereocenters. The molecule has 0 fully saturated rings. The number of benzene rings is 5. The van der Waals surface area contributed by atoms with E-state index in [0.29, 0.717) is 5.75 Å². The molecule has 41 heavy (non-hydrogen) atoms. The lowest BCUT2D eigenvalue weighted by atomic mass is 9.98. The van der Waals surface area contributed by atoms with E-state index in [1.54, 1.807) is 12.1 Å². The molecule has 0 atom stereocenters. The first-order valence-corrected chi connectivity index (χ1v) is 13.5. The van der Waals surface area contributed by atoms with Crippen molar-refractivity contribution in [1.29, 1.82) is 0 Å². The highest BCUT2D eigenvalue weighted by Gasteiger charge is 2.12. The van der Waals surface area contributed by atoms with Gasteiger partial charge in [0.1, 0.15) is 5.75 Å². The van der Waals surface area contributed by atoms with Crippen LogP contribution in [0.5, 0.6) is 5.75 Å². The summed E-state index contributed by atoms with van der Waals surface area (Å²) in [4.78, 5) is 13.9. The molecule has 0 aliphatic heterocycles. The van der Waals surface area contributed by atoms with Crippen molar-refractivity contribution < 1.29 is 9.53 Å². The molecule has 5 aromatic carbocycles. The lowest BCUT2D eigenvalue weighted by Gasteiger charge is -2.23. The van der Waals surface area contributed by atoms with Crippen molar-refractivity contribution in [3.8, 4) is 5.75 Å². The van der Waals surface area contributed by atoms with Gasteiger partial charge in [-0.2, -0.15) is 0 Å². The van der Waals surface area contributed by atoms with Gasteiger partial charge >= 0.3 is 5.97 Å². The molecule has 0 amide bonds. The number of hydrogen-bond acceptors (Lipinski definition) is 3. The number of ether oxygens (including phenoxy) is 1. The molecular formula is C38H31NO2. The average Bonchev–Trinajstić information content (AvgIpc) is 3.03. The molecule has 0 radical (unpaired) electrons. The summed E-state index contributed by atoms with van der Waals surface area (Å²) in [7, 11) is 0. The Bertz CT molecular complexity index is 1650. The number of nitrogens with zero attached hydrogens (tertiary/aromatic N) is 1. The van der Waals surface area contributed by atoms with E-state index in [1.807, 2.05) is 48.5 Å². The quantitative estimate of drug-likeness (QED) is 0.0818. The predicted molar refractivity (Wildman–Crippen MR) is 171 cm³/mol. The van der Waals surface area contributed by atoms with Crippen molar-refractivity contribution in [1.82, 2.24) is 0 Å². The maximum atomic E-state index is 11.7. The molecule has 3 nitrogen and oxygen atoms in total. The van der Waals surface area contributed by atoms with Gasteiger partial charge in [0.2, 0.25) is 0 Å². The van der Waals surface area contributed by atoms with Crippen LogP contribution in [0.4, 0.5) is 11.4 Å². The van der Waals surface area contributed by atoms with Crippen molar-refractivity contribution in [3.63, 3.8) is 0 Å². The highest BCUT2D eigenvalue weighted by molar-refractivity contribution is 5.85. The zero-order valence-electron chi connectivity index (χ0n) is 23.0. The molecule has 0 heterocycles. The van der Waals surface area contributed by atoms with Gasteiger partial charge in [0, 0.05) is 29.2 Å². The van der Waals surface area contributed by atoms with Gasteiger partial charge in [0.15, 0.2) is 0 Å². The molecule has 3 heteroatoms. The lowest BCUT2D eigenvalue weighted by molar-refractivity contribution is -0.128. The lowest BCUT2D eigenvalue weighted by Crippen LogP contribution is -2.10. The molecule has 0 aliphatic rings. The van der Waals surface area contributed by atoms with Crippen LogP contribution in [-0.4, -0.2) is 5.97 Å². The molecule has 0 spiro atoms. The van der Waals surface area contributed by atoms with Gasteiger partial charge in [-0.25, -0.2) is 4.79 Å². The molecule has 0 aromatic heterocycles. The molecule has 0 bridgehead atoms. The molecule has 5 aromatic rings. The van der Waals surface area contributed by atoms with E-state index >= 15 is 0 Å². The first kappa shape index (κ1) is 27.2. The highest BCUT2D eigenvalue weighted by atomic mass is 16.5. The molecule has 0 saturated heterocycles. The third-order valence-electron chi connectivity index (χ3n) is 6.64. The number of carbonyl (C=O) groups is 1. The van der Waals surface area contributed by atoms with Crippen molar-refractivity contribution in [2.24, 2.45) is 0 Å². The molecule has 0 aliphatic carbocycles. The Kier molecular flexibility index (Phi) is 8.68. The van der Waals surface area contributed by atoms with Crippen molar-refractivity contribution in [3.05, 3.63) is 180 Å². The van der Waals surface area contributed by atoms with E-state index < -0.39 is 5.97 Å². The average molecular weight is 534 g/mol. The number of hydrogen-bond donors (Lipinski definition) is 0. The monoisotopic (exact) mass is 533 g/mol. The van der Waals surface area contributed by atoms with Crippen molar-refractivity contribution in [2.75, 3.05) is 4.90 Å². The minimum absolute atomic E-state index is 0.472. The smallest absolute Gasteiger partial charge is 0.335 e. The van der Waals surface area contributed by atoms with Crippen LogP contribution in [0, 0.1) is 6.92 Å². The number of rotatable bonds is 9. The van der Waals surface area contributed by atoms with Crippen LogP contribution in [-0.2, 0) is 4.79 Å². The van der Waals surface area contributed by atoms with Gasteiger partial charge in [0.25, 0.3) is 0 Å². The van der Waals surface area contributed by atoms with Gasteiger partial charge in [-0.05, 0) is 65.6 Å². The summed E-state index contributed by atoms with van der Waals surface area (Å²) in [5.74, 6) is -0.00996. The summed E-state index contributed by atoms with van der Waals surface area (Å²) in [6.07, 6.45) is 7.58. The predicted octanol–water partition coefficient (Wildman–Crippen LogP) is 9.48. The van der Waals surface area contributed by atoms with Gasteiger partial charge in [-0.1, -0.05) is 121 Å². The Morgan fingerprint density at radius 3 is 1.73 bits per heavy atom. The SMILES string of the molecule is C=CC(=O)Oc1ccc(C(=CN(c2ccccc2)c2ccc(C=Cc3ccc(C)cc3)cc2)c2ccccc2)cc1. The summed E-state index contributed by atoms with van der Waals surface area (Å²) in [6, 6.07) is 45.2. The second kappa shape index (κ2) is 13.1. The fraction of sp³-hybridized carbons (Fsp3) is 0.0263. The van der Waals surface area contributed by atoms with E-state index in [-0.39, 0.29) is 0 Å². The second-order valence-corrected chi connectivity index (χ2v) is 9.60. The Labute approximate surface area is 242 Å². The number of carbonyl (C=O) groups excluding carboxylic acids is 1.